The maximum atomic E-state index is 11.6. The van der Waals surface area contributed by atoms with Crippen molar-refractivity contribution in [1.82, 2.24) is 0 Å². The van der Waals surface area contributed by atoms with Crippen molar-refractivity contribution in [3.8, 4) is 0 Å². The molecular weight excluding hydrogens is 214 g/mol. The van der Waals surface area contributed by atoms with E-state index in [9.17, 15) is 9.59 Å². The molecule has 0 spiro atoms. The zero-order chi connectivity index (χ0) is 11.5. The molecule has 1 rings (SSSR count). The van der Waals surface area contributed by atoms with Gasteiger partial charge in [0.05, 0.1) is 16.1 Å². The van der Waals surface area contributed by atoms with Crippen molar-refractivity contribution >= 4 is 29.5 Å². The van der Waals surface area contributed by atoms with Gasteiger partial charge >= 0.3 is 0 Å². The fourth-order valence-electron chi connectivity index (χ4n) is 0.899. The summed E-state index contributed by atoms with van der Waals surface area (Å²) in [5.41, 5.74) is -0.529. The van der Waals surface area contributed by atoms with Crippen molar-refractivity contribution in [2.45, 2.75) is 13.8 Å². The van der Waals surface area contributed by atoms with Gasteiger partial charge in [0.25, 0.3) is 0 Å². The number of benzene rings is 1. The Balaban J connectivity index is 2.84. The van der Waals surface area contributed by atoms with Crippen LogP contribution in [0.3, 0.4) is 0 Å². The predicted octanol–water partition coefficient (Wildman–Crippen LogP) is 2.50. The minimum absolute atomic E-state index is 0.370. The molecule has 0 saturated carbocycles. The van der Waals surface area contributed by atoms with Crippen LogP contribution in [0.1, 0.15) is 13.8 Å². The summed E-state index contributed by atoms with van der Waals surface area (Å²) < 4.78 is 0. The second kappa shape index (κ2) is 4.45. The van der Waals surface area contributed by atoms with Crippen LogP contribution in [0.5, 0.6) is 0 Å². The summed E-state index contributed by atoms with van der Waals surface area (Å²) in [7, 11) is 0. The number of hydrogen-bond acceptors (Lipinski definition) is 2. The van der Waals surface area contributed by atoms with Gasteiger partial charge in [0.15, 0.2) is 0 Å². The molecule has 1 aromatic carbocycles. The standard InChI is InChI=1S/C11H12ClNO2/c1-11(2,7-14)10(15)13-9-6-4-3-5-8(9)12/h3-7H,1-2H3,(H,13,15). The summed E-state index contributed by atoms with van der Waals surface area (Å²) in [6.45, 7) is 3.10. The van der Waals surface area contributed by atoms with Gasteiger partial charge in [-0.1, -0.05) is 23.7 Å². The van der Waals surface area contributed by atoms with E-state index in [0.29, 0.717) is 17.0 Å². The highest BCUT2D eigenvalue weighted by Gasteiger charge is 2.27. The lowest BCUT2D eigenvalue weighted by Gasteiger charge is -2.16. The van der Waals surface area contributed by atoms with Gasteiger partial charge in [-0.3, -0.25) is 4.79 Å². The average molecular weight is 226 g/mol. The van der Waals surface area contributed by atoms with Crippen LogP contribution in [-0.4, -0.2) is 12.2 Å². The minimum Gasteiger partial charge on any atom is -0.324 e. The predicted molar refractivity (Wildman–Crippen MR) is 59.9 cm³/mol. The maximum absolute atomic E-state index is 11.6. The first-order chi connectivity index (χ1) is 6.97. The minimum atomic E-state index is -1.04. The van der Waals surface area contributed by atoms with Crippen LogP contribution in [0.25, 0.3) is 0 Å². The van der Waals surface area contributed by atoms with E-state index in [1.165, 1.54) is 0 Å². The lowest BCUT2D eigenvalue weighted by Crippen LogP contribution is -2.32. The number of rotatable bonds is 3. The summed E-state index contributed by atoms with van der Waals surface area (Å²) >= 11 is 5.86. The number of amides is 1. The number of carbonyl (C=O) groups is 2. The van der Waals surface area contributed by atoms with Gasteiger partial charge < -0.3 is 10.1 Å². The summed E-state index contributed by atoms with van der Waals surface area (Å²) in [6.07, 6.45) is 0.610. The van der Waals surface area contributed by atoms with E-state index in [1.807, 2.05) is 0 Å². The van der Waals surface area contributed by atoms with E-state index >= 15 is 0 Å². The molecule has 0 unspecified atom stereocenters. The van der Waals surface area contributed by atoms with Crippen LogP contribution in [-0.2, 0) is 9.59 Å². The molecule has 0 aliphatic carbocycles. The Hall–Kier alpha value is -1.35. The Morgan fingerprint density at radius 3 is 2.53 bits per heavy atom. The van der Waals surface area contributed by atoms with E-state index < -0.39 is 5.41 Å². The summed E-state index contributed by atoms with van der Waals surface area (Å²) in [4.78, 5) is 22.3. The molecule has 0 aliphatic rings. The third kappa shape index (κ3) is 2.80. The van der Waals surface area contributed by atoms with Crippen LogP contribution in [0.4, 0.5) is 5.69 Å². The number of aldehydes is 1. The van der Waals surface area contributed by atoms with Crippen LogP contribution in [0.2, 0.25) is 5.02 Å². The van der Waals surface area contributed by atoms with Crippen LogP contribution < -0.4 is 5.32 Å². The SMILES string of the molecule is CC(C)(C=O)C(=O)Nc1ccccc1Cl. The Morgan fingerprint density at radius 1 is 1.40 bits per heavy atom. The molecule has 0 aromatic heterocycles. The Kier molecular flexibility index (Phi) is 3.48. The molecule has 0 heterocycles. The largest absolute Gasteiger partial charge is 0.324 e. The zero-order valence-corrected chi connectivity index (χ0v) is 9.34. The number of nitrogens with one attached hydrogen (secondary N) is 1. The number of hydrogen-bond donors (Lipinski definition) is 1. The van der Waals surface area contributed by atoms with Gasteiger partial charge in [-0.15, -0.1) is 0 Å². The molecule has 3 nitrogen and oxygen atoms in total. The summed E-state index contributed by atoms with van der Waals surface area (Å²) in [5.74, 6) is -0.370. The third-order valence-corrected chi connectivity index (χ3v) is 2.33. The van der Waals surface area contributed by atoms with Crippen molar-refractivity contribution < 1.29 is 9.59 Å². The van der Waals surface area contributed by atoms with E-state index in [0.717, 1.165) is 0 Å². The van der Waals surface area contributed by atoms with E-state index in [2.05, 4.69) is 5.32 Å². The molecule has 0 radical (unpaired) electrons. The van der Waals surface area contributed by atoms with Gasteiger partial charge in [0, 0.05) is 0 Å². The first-order valence-electron chi connectivity index (χ1n) is 4.49. The van der Waals surface area contributed by atoms with Crippen molar-refractivity contribution in [3.63, 3.8) is 0 Å². The third-order valence-electron chi connectivity index (χ3n) is 2.00. The Labute approximate surface area is 93.4 Å². The van der Waals surface area contributed by atoms with Gasteiger partial charge in [-0.05, 0) is 26.0 Å². The lowest BCUT2D eigenvalue weighted by molar-refractivity contribution is -0.130. The second-order valence-electron chi connectivity index (χ2n) is 3.77. The molecule has 1 N–H and O–H groups in total. The first kappa shape index (κ1) is 11.7. The molecule has 4 heteroatoms. The van der Waals surface area contributed by atoms with Crippen molar-refractivity contribution in [2.24, 2.45) is 5.41 Å². The van der Waals surface area contributed by atoms with Crippen molar-refractivity contribution in [3.05, 3.63) is 29.3 Å². The number of para-hydroxylation sites is 1. The molecular formula is C11H12ClNO2. The van der Waals surface area contributed by atoms with E-state index in [4.69, 9.17) is 11.6 Å². The molecule has 1 amide bonds. The molecule has 15 heavy (non-hydrogen) atoms. The van der Waals surface area contributed by atoms with Gasteiger partial charge in [-0.25, -0.2) is 0 Å². The highest BCUT2D eigenvalue weighted by molar-refractivity contribution is 6.33. The van der Waals surface area contributed by atoms with Crippen LogP contribution in [0.15, 0.2) is 24.3 Å². The van der Waals surface area contributed by atoms with Gasteiger partial charge in [0.1, 0.15) is 6.29 Å². The van der Waals surface area contributed by atoms with Crippen LogP contribution in [0, 0.1) is 5.41 Å². The number of halogens is 1. The molecule has 0 fully saturated rings. The zero-order valence-electron chi connectivity index (χ0n) is 8.58. The van der Waals surface area contributed by atoms with Gasteiger partial charge in [-0.2, -0.15) is 0 Å². The smallest absolute Gasteiger partial charge is 0.237 e. The van der Waals surface area contributed by atoms with Gasteiger partial charge in [0.2, 0.25) is 5.91 Å². The van der Waals surface area contributed by atoms with Crippen molar-refractivity contribution in [1.29, 1.82) is 0 Å². The maximum Gasteiger partial charge on any atom is 0.237 e. The Morgan fingerprint density at radius 2 is 2.00 bits per heavy atom. The quantitative estimate of drug-likeness (QED) is 0.635. The first-order valence-corrected chi connectivity index (χ1v) is 4.87. The normalized spacial score (nSPS) is 10.9. The molecule has 0 atom stereocenters. The van der Waals surface area contributed by atoms with Crippen LogP contribution >= 0.6 is 11.6 Å². The highest BCUT2D eigenvalue weighted by Crippen LogP contribution is 2.23. The average Bonchev–Trinajstić information content (AvgIpc) is 2.21. The highest BCUT2D eigenvalue weighted by atomic mass is 35.5. The monoisotopic (exact) mass is 225 g/mol. The van der Waals surface area contributed by atoms with E-state index in [-0.39, 0.29) is 5.91 Å². The number of carbonyl (C=O) groups excluding carboxylic acids is 2. The van der Waals surface area contributed by atoms with E-state index in [1.54, 1.807) is 38.1 Å². The topological polar surface area (TPSA) is 46.2 Å². The summed E-state index contributed by atoms with van der Waals surface area (Å²) in [5, 5.41) is 3.05. The van der Waals surface area contributed by atoms with Crippen molar-refractivity contribution in [2.75, 3.05) is 5.32 Å². The molecule has 0 saturated heterocycles. The number of anilines is 1. The fourth-order valence-corrected chi connectivity index (χ4v) is 1.08. The molecule has 0 aliphatic heterocycles. The lowest BCUT2D eigenvalue weighted by atomic mass is 9.94. The Bertz CT molecular complexity index is 388. The summed E-state index contributed by atoms with van der Waals surface area (Å²) in [6, 6.07) is 6.88. The molecule has 0 bridgehead atoms. The fraction of sp³-hybridized carbons (Fsp3) is 0.273. The molecule has 1 aromatic rings. The second-order valence-corrected chi connectivity index (χ2v) is 4.18. The molecule has 80 valence electrons.